The molecule has 1 heterocycles. The number of aromatic amines is 1. The van der Waals surface area contributed by atoms with Gasteiger partial charge in [-0.15, -0.1) is 0 Å². The van der Waals surface area contributed by atoms with E-state index in [-0.39, 0.29) is 5.97 Å². The molecular weight excluding hydrogens is 234 g/mol. The highest BCUT2D eigenvalue weighted by Crippen LogP contribution is 2.11. The number of aryl methyl sites for hydroxylation is 1. The number of hydrogen-bond acceptors (Lipinski definition) is 2. The summed E-state index contributed by atoms with van der Waals surface area (Å²) < 4.78 is 5.75. The molecule has 1 N–H and O–H groups in total. The first-order valence-electron chi connectivity index (χ1n) is 4.20. The summed E-state index contributed by atoms with van der Waals surface area (Å²) in [6.45, 7) is 2.26. The van der Waals surface area contributed by atoms with Gasteiger partial charge in [-0.2, -0.15) is 0 Å². The lowest BCUT2D eigenvalue weighted by atomic mass is 10.2. The van der Waals surface area contributed by atoms with Crippen molar-refractivity contribution in [2.75, 3.05) is 6.61 Å². The summed E-state index contributed by atoms with van der Waals surface area (Å²) in [5, 5.41) is 0. The second-order valence-corrected chi connectivity index (χ2v) is 3.52. The Balaban J connectivity index is 2.30. The predicted molar refractivity (Wildman–Crippen MR) is 53.4 cm³/mol. The summed E-state index contributed by atoms with van der Waals surface area (Å²) in [5.74, 6) is -0.139. The summed E-state index contributed by atoms with van der Waals surface area (Å²) in [6.07, 6.45) is 3.04. The quantitative estimate of drug-likeness (QED) is 0.828. The van der Waals surface area contributed by atoms with E-state index in [9.17, 15) is 4.79 Å². The topological polar surface area (TPSA) is 42.1 Å². The molecule has 0 saturated heterocycles. The number of ether oxygens (including phenoxy) is 1. The van der Waals surface area contributed by atoms with E-state index in [1.807, 2.05) is 19.2 Å². The Labute approximate surface area is 85.6 Å². The number of halogens is 1. The van der Waals surface area contributed by atoms with Gasteiger partial charge in [0.2, 0.25) is 0 Å². The molecule has 1 aromatic rings. The second-order valence-electron chi connectivity index (χ2n) is 2.66. The van der Waals surface area contributed by atoms with Crippen LogP contribution in [0.3, 0.4) is 0 Å². The fourth-order valence-electron chi connectivity index (χ4n) is 1.03. The van der Waals surface area contributed by atoms with Crippen molar-refractivity contribution < 1.29 is 9.53 Å². The van der Waals surface area contributed by atoms with Crippen LogP contribution in [0.25, 0.3) is 0 Å². The smallest absolute Gasteiger partial charge is 0.306 e. The van der Waals surface area contributed by atoms with E-state index in [1.165, 1.54) is 0 Å². The average molecular weight is 246 g/mol. The molecule has 0 aliphatic carbocycles. The Morgan fingerprint density at radius 2 is 2.46 bits per heavy atom. The largest absolute Gasteiger partial charge is 0.466 e. The fourth-order valence-corrected chi connectivity index (χ4v) is 1.44. The number of esters is 1. The molecule has 13 heavy (non-hydrogen) atoms. The standard InChI is InChI=1S/C9H12BrNO2/c1-2-13-9(12)4-3-7-5-8(10)11-6-7/h5-6,11H,2-4H2,1H3. The molecule has 0 unspecified atom stereocenters. The molecule has 4 heteroatoms. The van der Waals surface area contributed by atoms with Crippen molar-refractivity contribution >= 4 is 21.9 Å². The van der Waals surface area contributed by atoms with Crippen LogP contribution in [0.4, 0.5) is 0 Å². The summed E-state index contributed by atoms with van der Waals surface area (Å²) in [6, 6.07) is 1.96. The molecule has 0 aliphatic heterocycles. The van der Waals surface area contributed by atoms with E-state index < -0.39 is 0 Å². The molecule has 0 radical (unpaired) electrons. The number of aromatic nitrogens is 1. The first-order chi connectivity index (χ1) is 6.22. The SMILES string of the molecule is CCOC(=O)CCc1c[nH]c(Br)c1. The van der Waals surface area contributed by atoms with Gasteiger partial charge in [0.25, 0.3) is 0 Å². The third-order valence-electron chi connectivity index (χ3n) is 1.63. The van der Waals surface area contributed by atoms with Crippen LogP contribution in [-0.2, 0) is 16.0 Å². The molecule has 1 aromatic heterocycles. The molecule has 0 amide bonds. The highest BCUT2D eigenvalue weighted by Gasteiger charge is 2.03. The zero-order valence-electron chi connectivity index (χ0n) is 7.47. The lowest BCUT2D eigenvalue weighted by molar-refractivity contribution is -0.143. The Morgan fingerprint density at radius 3 is 3.00 bits per heavy atom. The molecule has 1 rings (SSSR count). The maximum Gasteiger partial charge on any atom is 0.306 e. The van der Waals surface area contributed by atoms with Crippen molar-refractivity contribution in [2.45, 2.75) is 19.8 Å². The van der Waals surface area contributed by atoms with E-state index >= 15 is 0 Å². The number of H-pyrrole nitrogens is 1. The van der Waals surface area contributed by atoms with Crippen LogP contribution < -0.4 is 0 Å². The third kappa shape index (κ3) is 3.63. The Bertz CT molecular complexity index is 283. The maximum atomic E-state index is 11.0. The molecule has 72 valence electrons. The van der Waals surface area contributed by atoms with Gasteiger partial charge in [0.15, 0.2) is 0 Å². The molecular formula is C9H12BrNO2. The Kier molecular flexibility index (Phi) is 4.02. The molecule has 0 aromatic carbocycles. The molecule has 0 fully saturated rings. The number of carbonyl (C=O) groups is 1. The summed E-state index contributed by atoms with van der Waals surface area (Å²) >= 11 is 3.30. The van der Waals surface area contributed by atoms with Gasteiger partial charge in [-0.25, -0.2) is 0 Å². The van der Waals surface area contributed by atoms with E-state index in [4.69, 9.17) is 4.74 Å². The van der Waals surface area contributed by atoms with Crippen molar-refractivity contribution in [1.29, 1.82) is 0 Å². The van der Waals surface area contributed by atoms with E-state index in [2.05, 4.69) is 20.9 Å². The Morgan fingerprint density at radius 1 is 1.69 bits per heavy atom. The number of nitrogens with one attached hydrogen (secondary N) is 1. The number of rotatable bonds is 4. The van der Waals surface area contributed by atoms with Crippen LogP contribution >= 0.6 is 15.9 Å². The van der Waals surface area contributed by atoms with Crippen LogP contribution in [0.1, 0.15) is 18.9 Å². The number of hydrogen-bond donors (Lipinski definition) is 1. The van der Waals surface area contributed by atoms with Gasteiger partial charge >= 0.3 is 5.97 Å². The minimum absolute atomic E-state index is 0.139. The molecule has 3 nitrogen and oxygen atoms in total. The second kappa shape index (κ2) is 5.07. The van der Waals surface area contributed by atoms with Crippen molar-refractivity contribution in [2.24, 2.45) is 0 Å². The van der Waals surface area contributed by atoms with Gasteiger partial charge in [0, 0.05) is 12.6 Å². The summed E-state index contributed by atoms with van der Waals surface area (Å²) in [4.78, 5) is 14.0. The van der Waals surface area contributed by atoms with Gasteiger partial charge in [-0.05, 0) is 40.9 Å². The van der Waals surface area contributed by atoms with E-state index in [1.54, 1.807) is 0 Å². The monoisotopic (exact) mass is 245 g/mol. The van der Waals surface area contributed by atoms with Crippen LogP contribution in [-0.4, -0.2) is 17.6 Å². The minimum atomic E-state index is -0.139. The molecule has 0 spiro atoms. The van der Waals surface area contributed by atoms with Gasteiger partial charge in [-0.1, -0.05) is 0 Å². The molecule has 0 bridgehead atoms. The summed E-state index contributed by atoms with van der Waals surface area (Å²) in [5.41, 5.74) is 1.11. The van der Waals surface area contributed by atoms with Gasteiger partial charge in [0.05, 0.1) is 11.2 Å². The lowest BCUT2D eigenvalue weighted by Crippen LogP contribution is -2.04. The highest BCUT2D eigenvalue weighted by molar-refractivity contribution is 9.10. The molecule has 0 atom stereocenters. The third-order valence-corrected chi connectivity index (χ3v) is 2.09. The van der Waals surface area contributed by atoms with Crippen molar-refractivity contribution in [3.8, 4) is 0 Å². The van der Waals surface area contributed by atoms with E-state index in [0.29, 0.717) is 13.0 Å². The van der Waals surface area contributed by atoms with Crippen LogP contribution in [0.5, 0.6) is 0 Å². The Hall–Kier alpha value is -0.770. The normalized spacial score (nSPS) is 10.0. The van der Waals surface area contributed by atoms with Gasteiger partial charge in [-0.3, -0.25) is 4.79 Å². The first kappa shape index (κ1) is 10.3. The fraction of sp³-hybridized carbons (Fsp3) is 0.444. The number of carbonyl (C=O) groups excluding carboxylic acids is 1. The van der Waals surface area contributed by atoms with Gasteiger partial charge < -0.3 is 9.72 Å². The summed E-state index contributed by atoms with van der Waals surface area (Å²) in [7, 11) is 0. The van der Waals surface area contributed by atoms with Gasteiger partial charge in [0.1, 0.15) is 0 Å². The van der Waals surface area contributed by atoms with Crippen LogP contribution in [0, 0.1) is 0 Å². The van der Waals surface area contributed by atoms with Crippen molar-refractivity contribution in [1.82, 2.24) is 4.98 Å². The maximum absolute atomic E-state index is 11.0. The highest BCUT2D eigenvalue weighted by atomic mass is 79.9. The van der Waals surface area contributed by atoms with Crippen LogP contribution in [0.15, 0.2) is 16.9 Å². The molecule has 0 saturated carbocycles. The van der Waals surface area contributed by atoms with Crippen molar-refractivity contribution in [3.05, 3.63) is 22.4 Å². The molecule has 0 aliphatic rings. The first-order valence-corrected chi connectivity index (χ1v) is 5.00. The minimum Gasteiger partial charge on any atom is -0.466 e. The average Bonchev–Trinajstić information content (AvgIpc) is 2.49. The lowest BCUT2D eigenvalue weighted by Gasteiger charge is -1.99. The predicted octanol–water partition coefficient (Wildman–Crippen LogP) is 2.27. The zero-order valence-corrected chi connectivity index (χ0v) is 9.06. The van der Waals surface area contributed by atoms with E-state index in [0.717, 1.165) is 16.6 Å². The zero-order chi connectivity index (χ0) is 9.68. The van der Waals surface area contributed by atoms with Crippen molar-refractivity contribution in [3.63, 3.8) is 0 Å². The van der Waals surface area contributed by atoms with Crippen LogP contribution in [0.2, 0.25) is 0 Å².